The van der Waals surface area contributed by atoms with Gasteiger partial charge < -0.3 is 5.32 Å². The van der Waals surface area contributed by atoms with Crippen molar-refractivity contribution in [2.45, 2.75) is 5.75 Å². The van der Waals surface area contributed by atoms with Gasteiger partial charge in [0.15, 0.2) is 0 Å². The molecule has 0 saturated carbocycles. The average molecular weight is 395 g/mol. The molecule has 0 aliphatic carbocycles. The third-order valence-electron chi connectivity index (χ3n) is 4.14. The average Bonchev–Trinajstić information content (AvgIpc) is 2.71. The van der Waals surface area contributed by atoms with E-state index in [1.165, 1.54) is 23.9 Å². The number of benzene rings is 1. The molecule has 0 atom stereocenters. The summed E-state index contributed by atoms with van der Waals surface area (Å²) in [5.41, 5.74) is 0.948. The molecule has 8 nitrogen and oxygen atoms in total. The molecule has 142 valence electrons. The van der Waals surface area contributed by atoms with Crippen LogP contribution in [0, 0.1) is 11.3 Å². The second kappa shape index (κ2) is 8.54. The number of nitrogens with one attached hydrogen (secondary N) is 2. The fourth-order valence-corrected chi connectivity index (χ4v) is 3.50. The highest BCUT2D eigenvalue weighted by Crippen LogP contribution is 2.15. The lowest BCUT2D eigenvalue weighted by Gasteiger charge is -2.07. The lowest BCUT2D eigenvalue weighted by molar-refractivity contribution is 0.0956. The third-order valence-corrected chi connectivity index (χ3v) is 5.15. The summed E-state index contributed by atoms with van der Waals surface area (Å²) in [5, 5.41) is 12.0. The highest BCUT2D eigenvalue weighted by Gasteiger charge is 2.11. The number of H-pyrrole nitrogens is 1. The van der Waals surface area contributed by atoms with Crippen molar-refractivity contribution >= 4 is 28.7 Å². The molecule has 1 aromatic carbocycles. The van der Waals surface area contributed by atoms with Crippen LogP contribution in [0.15, 0.2) is 46.1 Å². The molecule has 3 aromatic rings. The number of nitrogens with zero attached hydrogens (tertiary/aromatic N) is 3. The Labute approximate surface area is 164 Å². The lowest BCUT2D eigenvalue weighted by Crippen LogP contribution is -2.30. The van der Waals surface area contributed by atoms with Crippen LogP contribution < -0.4 is 16.6 Å². The zero-order valence-electron chi connectivity index (χ0n) is 15.1. The normalized spacial score (nSPS) is 10.6. The van der Waals surface area contributed by atoms with Crippen LogP contribution in [0.5, 0.6) is 0 Å². The third kappa shape index (κ3) is 4.13. The first-order valence-electron chi connectivity index (χ1n) is 8.44. The van der Waals surface area contributed by atoms with E-state index in [4.69, 9.17) is 5.26 Å². The van der Waals surface area contributed by atoms with Crippen LogP contribution in [0.2, 0.25) is 0 Å². The fourth-order valence-electron chi connectivity index (χ4n) is 2.64. The number of aryl methyl sites for hydroxylation is 1. The summed E-state index contributed by atoms with van der Waals surface area (Å²) in [4.78, 5) is 42.1. The maximum atomic E-state index is 12.3. The van der Waals surface area contributed by atoms with Gasteiger partial charge in [-0.2, -0.15) is 17.0 Å². The van der Waals surface area contributed by atoms with Crippen molar-refractivity contribution < 1.29 is 4.79 Å². The molecule has 0 aliphatic rings. The minimum absolute atomic E-state index is 0.178. The van der Waals surface area contributed by atoms with Crippen molar-refractivity contribution in [3.05, 3.63) is 74.1 Å². The standard InChI is InChI=1S/C19H17N5O3S/c1-24-16-15(18(26)23-19(24)27)8-14(10-22-16)17(25)21-6-7-28-11-13-5-3-2-4-12(13)9-20/h2-5,8,10H,6-7,11H2,1H3,(H,21,25)(H,23,26,27). The number of aromatic amines is 1. The summed E-state index contributed by atoms with van der Waals surface area (Å²) in [5.74, 6) is 1.00. The van der Waals surface area contributed by atoms with Crippen LogP contribution in [0.25, 0.3) is 11.0 Å². The van der Waals surface area contributed by atoms with Gasteiger partial charge in [0.2, 0.25) is 0 Å². The van der Waals surface area contributed by atoms with Crippen molar-refractivity contribution in [3.63, 3.8) is 0 Å². The molecular formula is C19H17N5O3S. The first kappa shape index (κ1) is 19.4. The van der Waals surface area contributed by atoms with Crippen LogP contribution in [-0.2, 0) is 12.8 Å². The Balaban J connectivity index is 1.59. The van der Waals surface area contributed by atoms with Gasteiger partial charge in [-0.05, 0) is 17.7 Å². The lowest BCUT2D eigenvalue weighted by atomic mass is 10.1. The van der Waals surface area contributed by atoms with Gasteiger partial charge in [-0.1, -0.05) is 18.2 Å². The van der Waals surface area contributed by atoms with E-state index in [1.54, 1.807) is 17.8 Å². The SMILES string of the molecule is Cn1c(=O)[nH]c(=O)c2cc(C(=O)NCCSCc3ccccc3C#N)cnc21. The zero-order valence-corrected chi connectivity index (χ0v) is 15.9. The van der Waals surface area contributed by atoms with Crippen molar-refractivity contribution in [2.24, 2.45) is 7.05 Å². The first-order valence-corrected chi connectivity index (χ1v) is 9.59. The molecule has 0 unspecified atom stereocenters. The maximum Gasteiger partial charge on any atom is 0.329 e. The van der Waals surface area contributed by atoms with E-state index in [2.05, 4.69) is 21.4 Å². The number of amides is 1. The van der Waals surface area contributed by atoms with Gasteiger partial charge in [0.1, 0.15) is 5.65 Å². The highest BCUT2D eigenvalue weighted by atomic mass is 32.2. The van der Waals surface area contributed by atoms with E-state index in [0.29, 0.717) is 23.6 Å². The molecule has 0 spiro atoms. The number of pyridine rings is 1. The summed E-state index contributed by atoms with van der Waals surface area (Å²) in [6.07, 6.45) is 1.34. The summed E-state index contributed by atoms with van der Waals surface area (Å²) >= 11 is 1.61. The van der Waals surface area contributed by atoms with Crippen molar-refractivity contribution in [2.75, 3.05) is 12.3 Å². The van der Waals surface area contributed by atoms with Crippen LogP contribution >= 0.6 is 11.8 Å². The molecule has 28 heavy (non-hydrogen) atoms. The molecule has 0 bridgehead atoms. The maximum absolute atomic E-state index is 12.3. The predicted molar refractivity (Wildman–Crippen MR) is 107 cm³/mol. The van der Waals surface area contributed by atoms with E-state index in [0.717, 1.165) is 5.56 Å². The monoisotopic (exact) mass is 395 g/mol. The number of nitriles is 1. The van der Waals surface area contributed by atoms with Gasteiger partial charge >= 0.3 is 5.69 Å². The molecule has 0 aliphatic heterocycles. The summed E-state index contributed by atoms with van der Waals surface area (Å²) < 4.78 is 1.22. The van der Waals surface area contributed by atoms with E-state index in [-0.39, 0.29) is 22.5 Å². The fraction of sp³-hybridized carbons (Fsp3) is 0.211. The van der Waals surface area contributed by atoms with E-state index in [1.807, 2.05) is 18.2 Å². The van der Waals surface area contributed by atoms with Gasteiger partial charge in [-0.3, -0.25) is 19.1 Å². The Morgan fingerprint density at radius 3 is 2.93 bits per heavy atom. The second-order valence-corrected chi connectivity index (χ2v) is 7.10. The molecular weight excluding hydrogens is 378 g/mol. The van der Waals surface area contributed by atoms with Gasteiger partial charge in [0.25, 0.3) is 11.5 Å². The quantitative estimate of drug-likeness (QED) is 0.604. The minimum atomic E-state index is -0.577. The largest absolute Gasteiger partial charge is 0.351 e. The number of carbonyl (C=O) groups is 1. The molecule has 2 N–H and O–H groups in total. The zero-order chi connectivity index (χ0) is 20.1. The predicted octanol–water partition coefficient (Wildman–Crippen LogP) is 1.16. The van der Waals surface area contributed by atoms with Gasteiger partial charge in [0.05, 0.1) is 22.6 Å². The van der Waals surface area contributed by atoms with E-state index >= 15 is 0 Å². The Morgan fingerprint density at radius 2 is 2.14 bits per heavy atom. The highest BCUT2D eigenvalue weighted by molar-refractivity contribution is 7.98. The topological polar surface area (TPSA) is 121 Å². The van der Waals surface area contributed by atoms with Crippen LogP contribution in [0.4, 0.5) is 0 Å². The second-order valence-electron chi connectivity index (χ2n) is 5.99. The number of carbonyl (C=O) groups excluding carboxylic acids is 1. The van der Waals surface area contributed by atoms with Crippen LogP contribution in [-0.4, -0.2) is 32.7 Å². The molecule has 2 heterocycles. The molecule has 2 aromatic heterocycles. The Morgan fingerprint density at radius 1 is 1.36 bits per heavy atom. The van der Waals surface area contributed by atoms with Crippen LogP contribution in [0.1, 0.15) is 21.5 Å². The van der Waals surface area contributed by atoms with E-state index in [9.17, 15) is 14.4 Å². The summed E-state index contributed by atoms with van der Waals surface area (Å²) in [6, 6.07) is 11.0. The number of hydrogen-bond acceptors (Lipinski definition) is 6. The van der Waals surface area contributed by atoms with Crippen LogP contribution in [0.3, 0.4) is 0 Å². The molecule has 9 heteroatoms. The Bertz CT molecular complexity index is 1190. The van der Waals surface area contributed by atoms with Gasteiger partial charge in [-0.15, -0.1) is 0 Å². The number of rotatable bonds is 6. The molecule has 3 rings (SSSR count). The van der Waals surface area contributed by atoms with Gasteiger partial charge in [0, 0.05) is 31.3 Å². The molecule has 0 fully saturated rings. The van der Waals surface area contributed by atoms with Crippen molar-refractivity contribution in [1.82, 2.24) is 19.9 Å². The minimum Gasteiger partial charge on any atom is -0.351 e. The van der Waals surface area contributed by atoms with Crippen molar-refractivity contribution in [1.29, 1.82) is 5.26 Å². The van der Waals surface area contributed by atoms with E-state index < -0.39 is 11.2 Å². The smallest absolute Gasteiger partial charge is 0.329 e. The molecule has 0 radical (unpaired) electrons. The van der Waals surface area contributed by atoms with Gasteiger partial charge in [-0.25, -0.2) is 9.78 Å². The molecule has 0 saturated heterocycles. The van der Waals surface area contributed by atoms with Crippen molar-refractivity contribution in [3.8, 4) is 6.07 Å². The Kier molecular flexibility index (Phi) is 5.91. The summed E-state index contributed by atoms with van der Waals surface area (Å²) in [7, 11) is 1.50. The summed E-state index contributed by atoms with van der Waals surface area (Å²) in [6.45, 7) is 0.430. The number of fused-ring (bicyclic) bond motifs is 1. The first-order chi connectivity index (χ1) is 13.5. The number of hydrogen-bond donors (Lipinski definition) is 2. The number of aromatic nitrogens is 3. The number of thioether (sulfide) groups is 1. The molecule has 1 amide bonds. The Hall–Kier alpha value is -3.38.